The van der Waals surface area contributed by atoms with Crippen LogP contribution in [0.4, 0.5) is 5.69 Å². The molecular formula is C21H14ClN3O3S. The fourth-order valence-corrected chi connectivity index (χ4v) is 3.63. The Labute approximate surface area is 176 Å². The fourth-order valence-electron chi connectivity index (χ4n) is 3.22. The molecule has 0 spiro atoms. The molecule has 0 radical (unpaired) electrons. The number of hydrogen-bond acceptors (Lipinski definition) is 4. The third kappa shape index (κ3) is 3.35. The molecule has 3 aromatic rings. The molecule has 1 aliphatic heterocycles. The van der Waals surface area contributed by atoms with E-state index < -0.39 is 11.8 Å². The third-order valence-corrected chi connectivity index (χ3v) is 5.10. The zero-order valence-corrected chi connectivity index (χ0v) is 16.8. The largest absolute Gasteiger partial charge is 0.298 e. The van der Waals surface area contributed by atoms with E-state index in [1.807, 2.05) is 18.2 Å². The van der Waals surface area contributed by atoms with Crippen LogP contribution in [0.3, 0.4) is 0 Å². The first-order valence-electron chi connectivity index (χ1n) is 8.65. The van der Waals surface area contributed by atoms with Gasteiger partial charge in [0, 0.05) is 29.1 Å². The van der Waals surface area contributed by atoms with Crippen molar-refractivity contribution in [1.82, 2.24) is 9.88 Å². The lowest BCUT2D eigenvalue weighted by Gasteiger charge is -2.28. The van der Waals surface area contributed by atoms with Gasteiger partial charge in [0.05, 0.1) is 11.2 Å². The second-order valence-electron chi connectivity index (χ2n) is 6.42. The molecule has 2 aromatic carbocycles. The van der Waals surface area contributed by atoms with Gasteiger partial charge in [-0.15, -0.1) is 0 Å². The van der Waals surface area contributed by atoms with Gasteiger partial charge >= 0.3 is 0 Å². The molecular weight excluding hydrogens is 410 g/mol. The molecule has 2 amide bonds. The minimum absolute atomic E-state index is 0.00867. The number of nitrogens with zero attached hydrogens (tertiary/aromatic N) is 2. The van der Waals surface area contributed by atoms with Crippen molar-refractivity contribution in [2.45, 2.75) is 6.92 Å². The first-order valence-corrected chi connectivity index (χ1v) is 9.43. The highest BCUT2D eigenvalue weighted by Crippen LogP contribution is 2.27. The number of hydrogen-bond donors (Lipinski definition) is 1. The first-order chi connectivity index (χ1) is 13.9. The number of amides is 2. The van der Waals surface area contributed by atoms with E-state index in [0.29, 0.717) is 21.8 Å². The van der Waals surface area contributed by atoms with Gasteiger partial charge in [0.15, 0.2) is 5.11 Å². The van der Waals surface area contributed by atoms with Crippen LogP contribution in [0.5, 0.6) is 0 Å². The average Bonchev–Trinajstić information content (AvgIpc) is 3.05. The van der Waals surface area contributed by atoms with Crippen LogP contribution in [0.2, 0.25) is 5.02 Å². The van der Waals surface area contributed by atoms with Crippen molar-refractivity contribution in [2.75, 3.05) is 4.90 Å². The number of carbonyl (C=O) groups excluding carboxylic acids is 3. The Bertz CT molecular complexity index is 1230. The van der Waals surface area contributed by atoms with Crippen LogP contribution >= 0.6 is 23.8 Å². The van der Waals surface area contributed by atoms with E-state index in [1.54, 1.807) is 36.5 Å². The van der Waals surface area contributed by atoms with Crippen LogP contribution in [0.1, 0.15) is 17.3 Å². The maximum Gasteiger partial charge on any atom is 0.270 e. The number of aromatic nitrogens is 1. The number of thiocarbonyl (C=S) groups is 1. The Kier molecular flexibility index (Phi) is 4.77. The first kappa shape index (κ1) is 19.0. The van der Waals surface area contributed by atoms with Gasteiger partial charge in [-0.25, -0.2) is 0 Å². The molecule has 0 aliphatic carbocycles. The molecule has 1 aliphatic rings. The molecule has 1 aromatic heterocycles. The van der Waals surface area contributed by atoms with Gasteiger partial charge in [-0.1, -0.05) is 29.8 Å². The lowest BCUT2D eigenvalue weighted by molar-refractivity contribution is -0.122. The molecule has 144 valence electrons. The van der Waals surface area contributed by atoms with E-state index in [0.717, 1.165) is 5.39 Å². The zero-order chi connectivity index (χ0) is 20.7. The highest BCUT2D eigenvalue weighted by atomic mass is 35.5. The summed E-state index contributed by atoms with van der Waals surface area (Å²) in [6, 6.07) is 13.8. The average molecular weight is 424 g/mol. The van der Waals surface area contributed by atoms with Gasteiger partial charge in [-0.3, -0.25) is 29.2 Å². The molecule has 0 unspecified atom stereocenters. The van der Waals surface area contributed by atoms with Crippen LogP contribution in [-0.2, 0) is 9.59 Å². The summed E-state index contributed by atoms with van der Waals surface area (Å²) in [7, 11) is 0. The number of halogens is 1. The zero-order valence-electron chi connectivity index (χ0n) is 15.2. The number of anilines is 1. The second-order valence-corrected chi connectivity index (χ2v) is 7.25. The highest BCUT2D eigenvalue weighted by Gasteiger charge is 2.34. The summed E-state index contributed by atoms with van der Waals surface area (Å²) in [5, 5.41) is 3.80. The summed E-state index contributed by atoms with van der Waals surface area (Å²) in [4.78, 5) is 38.8. The molecule has 29 heavy (non-hydrogen) atoms. The number of para-hydroxylation sites is 1. The van der Waals surface area contributed by atoms with Crippen molar-refractivity contribution in [2.24, 2.45) is 0 Å². The smallest absolute Gasteiger partial charge is 0.270 e. The van der Waals surface area contributed by atoms with Gasteiger partial charge < -0.3 is 0 Å². The normalized spacial score (nSPS) is 15.9. The minimum Gasteiger partial charge on any atom is -0.298 e. The molecule has 4 rings (SSSR count). The number of nitrogens with one attached hydrogen (secondary N) is 1. The molecule has 0 saturated carbocycles. The molecule has 1 saturated heterocycles. The van der Waals surface area contributed by atoms with Gasteiger partial charge in [0.2, 0.25) is 5.91 Å². The van der Waals surface area contributed by atoms with Crippen molar-refractivity contribution >= 4 is 69.3 Å². The molecule has 0 bridgehead atoms. The lowest BCUT2D eigenvalue weighted by Crippen LogP contribution is -2.54. The Morgan fingerprint density at radius 2 is 1.79 bits per heavy atom. The molecule has 1 fully saturated rings. The van der Waals surface area contributed by atoms with Crippen molar-refractivity contribution in [3.63, 3.8) is 0 Å². The third-order valence-electron chi connectivity index (χ3n) is 4.57. The Hall–Kier alpha value is -3.29. The summed E-state index contributed by atoms with van der Waals surface area (Å²) < 4.78 is 1.48. The summed E-state index contributed by atoms with van der Waals surface area (Å²) >= 11 is 11.1. The van der Waals surface area contributed by atoms with E-state index >= 15 is 0 Å². The van der Waals surface area contributed by atoms with Gasteiger partial charge in [0.1, 0.15) is 5.57 Å². The van der Waals surface area contributed by atoms with E-state index in [4.69, 9.17) is 23.8 Å². The fraction of sp³-hybridized carbons (Fsp3) is 0.0476. The van der Waals surface area contributed by atoms with Crippen LogP contribution < -0.4 is 10.2 Å². The maximum absolute atomic E-state index is 13.1. The highest BCUT2D eigenvalue weighted by molar-refractivity contribution is 7.80. The van der Waals surface area contributed by atoms with E-state index in [2.05, 4.69) is 5.32 Å². The topological polar surface area (TPSA) is 71.4 Å². The van der Waals surface area contributed by atoms with Crippen molar-refractivity contribution in [1.29, 1.82) is 0 Å². The second kappa shape index (κ2) is 7.27. The molecule has 2 heterocycles. The Balaban J connectivity index is 1.83. The maximum atomic E-state index is 13.1. The molecule has 1 N–H and O–H groups in total. The summed E-state index contributed by atoms with van der Waals surface area (Å²) in [6.07, 6.45) is 3.09. The molecule has 8 heteroatoms. The number of carbonyl (C=O) groups is 3. The predicted molar refractivity (Wildman–Crippen MR) is 116 cm³/mol. The van der Waals surface area contributed by atoms with Crippen molar-refractivity contribution in [3.05, 3.63) is 70.9 Å². The number of fused-ring (bicyclic) bond motifs is 1. The van der Waals surface area contributed by atoms with Gasteiger partial charge in [0.25, 0.3) is 11.8 Å². The van der Waals surface area contributed by atoms with E-state index in [9.17, 15) is 14.4 Å². The standard InChI is InChI=1S/C21H14ClN3O3S/c1-12(26)24-11-13(16-4-2-3-5-18(16)24)10-17-19(27)23-21(29)25(20(17)28)15-8-6-14(22)7-9-15/h2-11H,1H3,(H,23,27,29). The lowest BCUT2D eigenvalue weighted by atomic mass is 10.1. The SMILES string of the molecule is CC(=O)n1cc(C=C2C(=O)NC(=S)N(c3ccc(Cl)cc3)C2=O)c2ccccc21. The van der Waals surface area contributed by atoms with E-state index in [1.165, 1.54) is 22.5 Å². The van der Waals surface area contributed by atoms with Crippen LogP contribution in [0, 0.1) is 0 Å². The minimum atomic E-state index is -0.593. The Morgan fingerprint density at radius 3 is 2.48 bits per heavy atom. The van der Waals surface area contributed by atoms with E-state index in [-0.39, 0.29) is 16.6 Å². The predicted octanol–water partition coefficient (Wildman–Crippen LogP) is 3.79. The summed E-state index contributed by atoms with van der Waals surface area (Å²) in [6.45, 7) is 1.45. The van der Waals surface area contributed by atoms with Gasteiger partial charge in [-0.05, 0) is 48.6 Å². The van der Waals surface area contributed by atoms with Crippen LogP contribution in [-0.4, -0.2) is 27.4 Å². The number of benzene rings is 2. The Morgan fingerprint density at radius 1 is 1.10 bits per heavy atom. The van der Waals surface area contributed by atoms with Gasteiger partial charge in [-0.2, -0.15) is 0 Å². The van der Waals surface area contributed by atoms with Crippen molar-refractivity contribution < 1.29 is 14.4 Å². The molecule has 0 atom stereocenters. The number of rotatable bonds is 2. The van der Waals surface area contributed by atoms with Crippen molar-refractivity contribution in [3.8, 4) is 0 Å². The monoisotopic (exact) mass is 423 g/mol. The van der Waals surface area contributed by atoms with Crippen LogP contribution in [0.25, 0.3) is 17.0 Å². The summed E-state index contributed by atoms with van der Waals surface area (Å²) in [5.74, 6) is -1.32. The van der Waals surface area contributed by atoms with Crippen LogP contribution in [0.15, 0.2) is 60.3 Å². The molecule has 6 nitrogen and oxygen atoms in total. The quantitative estimate of drug-likeness (QED) is 0.387. The summed E-state index contributed by atoms with van der Waals surface area (Å²) in [5.41, 5.74) is 1.68.